The van der Waals surface area contributed by atoms with E-state index in [1.807, 2.05) is 19.9 Å². The highest BCUT2D eigenvalue weighted by molar-refractivity contribution is 7.99. The number of nitrogens with two attached hydrogens (primary N) is 1. The molecule has 1 unspecified atom stereocenters. The van der Waals surface area contributed by atoms with Crippen LogP contribution in [0, 0.1) is 6.92 Å². The van der Waals surface area contributed by atoms with Crippen LogP contribution < -0.4 is 5.73 Å². The van der Waals surface area contributed by atoms with E-state index in [1.54, 1.807) is 18.0 Å². The lowest BCUT2D eigenvalue weighted by Crippen LogP contribution is -2.40. The summed E-state index contributed by atoms with van der Waals surface area (Å²) >= 11 is 1.63. The van der Waals surface area contributed by atoms with E-state index in [1.165, 1.54) is 0 Å². The molecule has 1 heterocycles. The Kier molecular flexibility index (Phi) is 5.18. The van der Waals surface area contributed by atoms with Gasteiger partial charge in [0.05, 0.1) is 6.61 Å². The number of rotatable bonds is 6. The van der Waals surface area contributed by atoms with Crippen molar-refractivity contribution in [3.8, 4) is 0 Å². The van der Waals surface area contributed by atoms with Crippen LogP contribution in [0.4, 0.5) is 0 Å². The molecule has 1 rings (SSSR count). The second-order valence-electron chi connectivity index (χ2n) is 4.24. The van der Waals surface area contributed by atoms with E-state index in [-0.39, 0.29) is 6.61 Å². The van der Waals surface area contributed by atoms with Crippen LogP contribution in [0.5, 0.6) is 0 Å². The molecule has 0 aromatic carbocycles. The number of aryl methyl sites for hydroxylation is 1. The molecule has 3 N–H and O–H groups in total. The van der Waals surface area contributed by atoms with Crippen LogP contribution in [-0.2, 0) is 0 Å². The summed E-state index contributed by atoms with van der Waals surface area (Å²) in [7, 11) is 0. The number of hydrogen-bond acceptors (Lipinski definition) is 5. The molecule has 16 heavy (non-hydrogen) atoms. The highest BCUT2D eigenvalue weighted by Gasteiger charge is 2.15. The molecule has 0 aliphatic rings. The molecule has 0 aliphatic heterocycles. The maximum Gasteiger partial charge on any atom is 0.187 e. The molecular weight excluding hydrogens is 222 g/mol. The molecule has 1 aromatic rings. The molecule has 1 aromatic heterocycles. The maximum atomic E-state index is 8.99. The van der Waals surface area contributed by atoms with E-state index < -0.39 is 5.54 Å². The standard InChI is InChI=1S/C11H19N3OS/c1-9-4-6-13-10(14-9)16-7-3-5-11(2,12)8-15/h4,6,15H,3,5,7-8,12H2,1-2H3. The summed E-state index contributed by atoms with van der Waals surface area (Å²) in [5.74, 6) is 0.927. The Balaban J connectivity index is 2.26. The van der Waals surface area contributed by atoms with Crippen molar-refractivity contribution in [3.63, 3.8) is 0 Å². The fourth-order valence-corrected chi connectivity index (χ4v) is 2.03. The SMILES string of the molecule is Cc1ccnc(SCCCC(C)(N)CO)n1. The first kappa shape index (κ1) is 13.4. The second kappa shape index (κ2) is 6.18. The van der Waals surface area contributed by atoms with Crippen molar-refractivity contribution >= 4 is 11.8 Å². The van der Waals surface area contributed by atoms with Gasteiger partial charge < -0.3 is 10.8 Å². The third-order valence-electron chi connectivity index (χ3n) is 2.26. The van der Waals surface area contributed by atoms with Gasteiger partial charge in [-0.15, -0.1) is 0 Å². The number of nitrogens with zero attached hydrogens (tertiary/aromatic N) is 2. The molecule has 0 radical (unpaired) electrons. The molecule has 4 nitrogen and oxygen atoms in total. The van der Waals surface area contributed by atoms with Crippen molar-refractivity contribution in [1.82, 2.24) is 9.97 Å². The van der Waals surface area contributed by atoms with Crippen molar-refractivity contribution in [2.75, 3.05) is 12.4 Å². The molecule has 90 valence electrons. The third-order valence-corrected chi connectivity index (χ3v) is 3.20. The Bertz CT molecular complexity index is 331. The van der Waals surface area contributed by atoms with Crippen LogP contribution in [0.15, 0.2) is 17.4 Å². The van der Waals surface area contributed by atoms with E-state index in [0.29, 0.717) is 0 Å². The first-order chi connectivity index (χ1) is 7.53. The Labute approximate surface area is 101 Å². The minimum absolute atomic E-state index is 0.0264. The largest absolute Gasteiger partial charge is 0.394 e. The van der Waals surface area contributed by atoms with E-state index in [2.05, 4.69) is 9.97 Å². The van der Waals surface area contributed by atoms with Gasteiger partial charge in [0, 0.05) is 23.2 Å². The molecule has 5 heteroatoms. The predicted molar refractivity (Wildman–Crippen MR) is 66.4 cm³/mol. The first-order valence-electron chi connectivity index (χ1n) is 5.36. The van der Waals surface area contributed by atoms with Crippen molar-refractivity contribution in [1.29, 1.82) is 0 Å². The average molecular weight is 241 g/mol. The molecule has 0 saturated heterocycles. The normalized spacial score (nSPS) is 14.8. The zero-order valence-electron chi connectivity index (χ0n) is 9.81. The molecular formula is C11H19N3OS. The van der Waals surface area contributed by atoms with Crippen LogP contribution in [0.3, 0.4) is 0 Å². The van der Waals surface area contributed by atoms with Crippen molar-refractivity contribution in [2.24, 2.45) is 5.73 Å². The van der Waals surface area contributed by atoms with Crippen LogP contribution in [-0.4, -0.2) is 33.0 Å². The lowest BCUT2D eigenvalue weighted by molar-refractivity contribution is 0.200. The fraction of sp³-hybridized carbons (Fsp3) is 0.636. The Morgan fingerprint density at radius 3 is 2.94 bits per heavy atom. The lowest BCUT2D eigenvalue weighted by atomic mass is 9.99. The van der Waals surface area contributed by atoms with Crippen LogP contribution in [0.1, 0.15) is 25.5 Å². The maximum absolute atomic E-state index is 8.99. The Hall–Kier alpha value is -0.650. The van der Waals surface area contributed by atoms with Gasteiger partial charge in [0.1, 0.15) is 0 Å². The molecule has 0 spiro atoms. The quantitative estimate of drug-likeness (QED) is 0.447. The highest BCUT2D eigenvalue weighted by Crippen LogP contribution is 2.17. The summed E-state index contributed by atoms with van der Waals surface area (Å²) in [6.45, 7) is 3.84. The highest BCUT2D eigenvalue weighted by atomic mass is 32.2. The van der Waals surface area contributed by atoms with Crippen LogP contribution >= 0.6 is 11.8 Å². The molecule has 0 fully saturated rings. The first-order valence-corrected chi connectivity index (χ1v) is 6.34. The summed E-state index contributed by atoms with van der Waals surface area (Å²) in [5, 5.41) is 9.80. The molecule has 1 atom stereocenters. The van der Waals surface area contributed by atoms with Gasteiger partial charge in [-0.1, -0.05) is 11.8 Å². The smallest absolute Gasteiger partial charge is 0.187 e. The number of hydrogen-bond donors (Lipinski definition) is 2. The zero-order valence-corrected chi connectivity index (χ0v) is 10.6. The summed E-state index contributed by atoms with van der Waals surface area (Å²) in [6, 6.07) is 1.88. The zero-order chi connectivity index (χ0) is 12.0. The fourth-order valence-electron chi connectivity index (χ4n) is 1.21. The van der Waals surface area contributed by atoms with E-state index in [9.17, 15) is 0 Å². The summed E-state index contributed by atoms with van der Waals surface area (Å²) < 4.78 is 0. The molecule has 0 bridgehead atoms. The number of aliphatic hydroxyl groups excluding tert-OH is 1. The van der Waals surface area contributed by atoms with Crippen LogP contribution in [0.2, 0.25) is 0 Å². The van der Waals surface area contributed by atoms with Gasteiger partial charge in [-0.2, -0.15) is 0 Å². The summed E-state index contributed by atoms with van der Waals surface area (Å²) in [4.78, 5) is 8.46. The second-order valence-corrected chi connectivity index (χ2v) is 5.31. The van der Waals surface area contributed by atoms with Gasteiger partial charge in [0.2, 0.25) is 0 Å². The minimum atomic E-state index is -0.464. The van der Waals surface area contributed by atoms with Crippen molar-refractivity contribution < 1.29 is 5.11 Å². The van der Waals surface area contributed by atoms with E-state index in [0.717, 1.165) is 29.4 Å². The molecule has 0 aliphatic carbocycles. The summed E-state index contributed by atoms with van der Waals surface area (Å²) in [6.07, 6.45) is 3.53. The van der Waals surface area contributed by atoms with Crippen molar-refractivity contribution in [2.45, 2.75) is 37.4 Å². The number of thioether (sulfide) groups is 1. The lowest BCUT2D eigenvalue weighted by Gasteiger charge is -2.20. The average Bonchev–Trinajstić information content (AvgIpc) is 2.25. The minimum Gasteiger partial charge on any atom is -0.394 e. The van der Waals surface area contributed by atoms with E-state index >= 15 is 0 Å². The number of aliphatic hydroxyl groups is 1. The van der Waals surface area contributed by atoms with Crippen molar-refractivity contribution in [3.05, 3.63) is 18.0 Å². The van der Waals surface area contributed by atoms with Gasteiger partial charge in [0.15, 0.2) is 5.16 Å². The monoisotopic (exact) mass is 241 g/mol. The third kappa shape index (κ3) is 4.92. The van der Waals surface area contributed by atoms with Gasteiger partial charge in [0.25, 0.3) is 0 Å². The summed E-state index contributed by atoms with van der Waals surface area (Å²) in [5.41, 5.74) is 6.35. The predicted octanol–water partition coefficient (Wildman–Crippen LogP) is 1.37. The van der Waals surface area contributed by atoms with Crippen LogP contribution in [0.25, 0.3) is 0 Å². The molecule has 0 amide bonds. The Morgan fingerprint density at radius 1 is 1.56 bits per heavy atom. The van der Waals surface area contributed by atoms with Gasteiger partial charge in [-0.3, -0.25) is 0 Å². The van der Waals surface area contributed by atoms with Gasteiger partial charge in [-0.05, 0) is 32.8 Å². The molecule has 0 saturated carbocycles. The topological polar surface area (TPSA) is 72.0 Å². The van der Waals surface area contributed by atoms with E-state index in [4.69, 9.17) is 10.8 Å². The Morgan fingerprint density at radius 2 is 2.31 bits per heavy atom. The number of aromatic nitrogens is 2. The van der Waals surface area contributed by atoms with Gasteiger partial charge >= 0.3 is 0 Å². The van der Waals surface area contributed by atoms with Gasteiger partial charge in [-0.25, -0.2) is 9.97 Å².